The van der Waals surface area contributed by atoms with E-state index >= 15 is 0 Å². The zero-order chi connectivity index (χ0) is 31.0. The third-order valence-corrected chi connectivity index (χ3v) is 10.6. The van der Waals surface area contributed by atoms with Crippen molar-refractivity contribution < 1.29 is 46.5 Å². The average molecular weight is 690 g/mol. The van der Waals surface area contributed by atoms with Crippen LogP contribution in [0.4, 0.5) is 5.82 Å². The van der Waals surface area contributed by atoms with Gasteiger partial charge < -0.3 is 25.1 Å². The van der Waals surface area contributed by atoms with E-state index in [9.17, 15) is 14.2 Å². The number of aliphatic hydroxyl groups is 1. The molecule has 3 N–H and O–H groups in total. The molecule has 0 amide bonds. The highest BCUT2D eigenvalue weighted by atomic mass is 32.7. The van der Waals surface area contributed by atoms with Gasteiger partial charge in [0.05, 0.1) is 25.5 Å². The van der Waals surface area contributed by atoms with Crippen LogP contribution in [0.2, 0.25) is 0 Å². The topological polar surface area (TPSA) is 232 Å². The molecule has 3 saturated heterocycles. The Morgan fingerprint density at radius 3 is 2.57 bits per heavy atom. The first-order valence-electron chi connectivity index (χ1n) is 12.8. The van der Waals surface area contributed by atoms with E-state index in [4.69, 9.17) is 38.0 Å². The molecule has 0 aliphatic carbocycles. The van der Waals surface area contributed by atoms with Crippen molar-refractivity contribution in [3.63, 3.8) is 0 Å². The minimum absolute atomic E-state index is 0.144. The molecule has 0 saturated carbocycles. The number of aliphatic hydroxyl groups excluding tert-OH is 1. The zero-order valence-corrected chi connectivity index (χ0v) is 26.3. The summed E-state index contributed by atoms with van der Waals surface area (Å²) >= 11 is 8.33. The summed E-state index contributed by atoms with van der Waals surface area (Å²) in [5, 5.41) is 11.2. The van der Waals surface area contributed by atoms with E-state index in [1.54, 1.807) is 6.92 Å². The van der Waals surface area contributed by atoms with Gasteiger partial charge in [0, 0.05) is 7.11 Å². The van der Waals surface area contributed by atoms with Gasteiger partial charge >= 0.3 is 13.6 Å². The first kappa shape index (κ1) is 30.4. The molecule has 0 spiro atoms. The lowest BCUT2D eigenvalue weighted by molar-refractivity contribution is -0.128. The molecule has 44 heavy (non-hydrogen) atoms. The summed E-state index contributed by atoms with van der Waals surface area (Å²) < 4.78 is 71.3. The Kier molecular flexibility index (Phi) is 7.55. The summed E-state index contributed by atoms with van der Waals surface area (Å²) in [5.74, 6) is 0.144. The number of anilines is 1. The molecule has 7 rings (SSSR count). The number of imidazole rings is 2. The second-order valence-corrected chi connectivity index (χ2v) is 16.0. The number of ether oxygens (including phenoxy) is 3. The van der Waals surface area contributed by atoms with Crippen LogP contribution in [0.5, 0.6) is 0 Å². The number of nitrogens with two attached hydrogens (primary N) is 1. The number of nitrogens with zero attached hydrogens (tertiary/aromatic N) is 8. The maximum atomic E-state index is 13.9. The molecule has 10 atom stereocenters. The van der Waals surface area contributed by atoms with Crippen molar-refractivity contribution in [2.24, 2.45) is 0 Å². The van der Waals surface area contributed by atoms with E-state index < -0.39 is 69.0 Å². The molecule has 0 aromatic carbocycles. The van der Waals surface area contributed by atoms with E-state index in [-0.39, 0.29) is 5.82 Å². The molecular formula is C21H25N9O10P2S2. The van der Waals surface area contributed by atoms with E-state index in [0.29, 0.717) is 22.3 Å². The number of rotatable bonds is 3. The minimum Gasteiger partial charge on any atom is -0.385 e. The van der Waals surface area contributed by atoms with Crippen molar-refractivity contribution in [3.8, 4) is 0 Å². The van der Waals surface area contributed by atoms with Crippen molar-refractivity contribution in [2.75, 3.05) is 19.5 Å². The Hall–Kier alpha value is -2.26. The third-order valence-electron chi connectivity index (χ3n) is 7.44. The second-order valence-electron chi connectivity index (χ2n) is 10.3. The summed E-state index contributed by atoms with van der Waals surface area (Å²) in [6, 6.07) is 0. The van der Waals surface area contributed by atoms with Crippen LogP contribution in [0, 0.1) is 0 Å². The van der Waals surface area contributed by atoms with Gasteiger partial charge in [0.25, 0.3) is 0 Å². The lowest BCUT2D eigenvalue weighted by Gasteiger charge is -2.32. The molecule has 3 fully saturated rings. The van der Waals surface area contributed by atoms with Crippen molar-refractivity contribution in [1.82, 2.24) is 39.0 Å². The molecule has 19 nitrogen and oxygen atoms in total. The predicted octanol–water partition coefficient (Wildman–Crippen LogP) is 1.66. The smallest absolute Gasteiger partial charge is 0.385 e. The quantitative estimate of drug-likeness (QED) is 0.177. The van der Waals surface area contributed by atoms with Gasteiger partial charge in [-0.1, -0.05) is 24.5 Å². The van der Waals surface area contributed by atoms with Gasteiger partial charge in [-0.3, -0.25) is 27.2 Å². The molecule has 2 unspecified atom stereocenters. The third kappa shape index (κ3) is 5.14. The first-order chi connectivity index (χ1) is 20.9. The largest absolute Gasteiger partial charge is 0.388 e. The number of hydrogen-bond acceptors (Lipinski definition) is 17. The molecule has 23 heteroatoms. The van der Waals surface area contributed by atoms with Crippen LogP contribution in [-0.4, -0.2) is 94.2 Å². The fourth-order valence-electron chi connectivity index (χ4n) is 5.42. The number of fused-ring (bicyclic) bond motifs is 4. The summed E-state index contributed by atoms with van der Waals surface area (Å²) in [7, 11) is 1.39. The van der Waals surface area contributed by atoms with Crippen molar-refractivity contribution in [1.29, 1.82) is 0 Å². The Balaban J connectivity index is 1.23. The van der Waals surface area contributed by atoms with Crippen LogP contribution in [-0.2, 0) is 41.4 Å². The van der Waals surface area contributed by atoms with Gasteiger partial charge in [-0.2, -0.15) is 0 Å². The molecular weight excluding hydrogens is 664 g/mol. The van der Waals surface area contributed by atoms with Crippen LogP contribution in [0.15, 0.2) is 31.5 Å². The molecule has 7 heterocycles. The normalized spacial score (nSPS) is 39.7. The van der Waals surface area contributed by atoms with Crippen LogP contribution in [0.1, 0.15) is 19.4 Å². The van der Waals surface area contributed by atoms with E-state index in [1.807, 2.05) is 0 Å². The molecule has 0 bridgehead atoms. The standard InChI is InChI=1S/C21H25N9O10P2S2/c1-21-4-35-41(32,43)38-12-11(31)18(29-7-27-9-3-23-5-25-16(9)29)36-20(12)40-42(33,44)39-14(21)13(34-2)19(37-21)30-8-28-10-15(22)24-6-26-17(10)30/h3,5-8,11-14,18-20,31H,4H2,1-2H3,(H,32,43)(H,33,44)(H2,22,24,26)/t11-,12+,13-,14+,18-,19-,20-,21-,41?,42?/m1/s1. The van der Waals surface area contributed by atoms with Crippen LogP contribution in [0.3, 0.4) is 0 Å². The van der Waals surface area contributed by atoms with Gasteiger partial charge in [-0.25, -0.2) is 39.0 Å². The molecule has 236 valence electrons. The fourth-order valence-corrected chi connectivity index (χ4v) is 8.62. The number of aromatic nitrogens is 8. The average Bonchev–Trinajstić information content (AvgIpc) is 3.72. The number of methoxy groups -OCH3 is 1. The van der Waals surface area contributed by atoms with Gasteiger partial charge in [0.15, 0.2) is 35.9 Å². The summed E-state index contributed by atoms with van der Waals surface area (Å²) in [5.41, 5.74) is 5.80. The lowest BCUT2D eigenvalue weighted by atomic mass is 9.98. The van der Waals surface area contributed by atoms with E-state index in [2.05, 4.69) is 54.4 Å². The van der Waals surface area contributed by atoms with Gasteiger partial charge in [0.2, 0.25) is 0 Å². The number of nitrogen functional groups attached to an aromatic ring is 1. The highest BCUT2D eigenvalue weighted by molar-refractivity contribution is 8.44. The molecule has 4 aromatic rings. The van der Waals surface area contributed by atoms with Crippen molar-refractivity contribution in [3.05, 3.63) is 31.5 Å². The summed E-state index contributed by atoms with van der Waals surface area (Å²) in [6.45, 7) is -7.61. The minimum atomic E-state index is -4.41. The van der Waals surface area contributed by atoms with Crippen molar-refractivity contribution in [2.45, 2.75) is 55.7 Å². The molecule has 0 radical (unpaired) electrons. The fraction of sp³-hybridized carbons (Fsp3) is 0.524. The maximum Gasteiger partial charge on any atom is 0.388 e. The zero-order valence-electron chi connectivity index (χ0n) is 22.7. The van der Waals surface area contributed by atoms with Crippen LogP contribution in [0.25, 0.3) is 22.3 Å². The first-order valence-corrected chi connectivity index (χ1v) is 18.2. The maximum absolute atomic E-state index is 13.9. The Bertz CT molecular complexity index is 1830. The number of hydrogen-bond donors (Lipinski definition) is 4. The monoisotopic (exact) mass is 689 g/mol. The summed E-state index contributed by atoms with van der Waals surface area (Å²) in [4.78, 5) is 24.7. The predicted molar refractivity (Wildman–Crippen MR) is 154 cm³/mol. The Morgan fingerprint density at radius 2 is 1.77 bits per heavy atom. The Morgan fingerprint density at radius 1 is 1.02 bits per heavy atom. The van der Waals surface area contributed by atoms with Gasteiger partial charge in [-0.05, 0) is 6.92 Å². The van der Waals surface area contributed by atoms with E-state index in [0.717, 1.165) is 0 Å². The summed E-state index contributed by atoms with van der Waals surface area (Å²) in [6.07, 6.45) is -2.40. The molecule has 4 aromatic heterocycles. The molecule has 3 aliphatic heterocycles. The Labute approximate surface area is 258 Å². The van der Waals surface area contributed by atoms with Crippen LogP contribution < -0.4 is 5.73 Å². The second kappa shape index (κ2) is 10.9. The van der Waals surface area contributed by atoms with Crippen LogP contribution >= 0.6 is 38.1 Å². The van der Waals surface area contributed by atoms with Crippen molar-refractivity contribution >= 4 is 66.2 Å². The molecule has 3 aliphatic rings. The number of thiol groups is 2. The highest BCUT2D eigenvalue weighted by Gasteiger charge is 2.60. The van der Waals surface area contributed by atoms with Gasteiger partial charge in [-0.15, -0.1) is 0 Å². The SMILES string of the molecule is CO[C@H]1[C@H](n2cnc3c(N)ncnc32)O[C@]2(C)COP(=O)(S)O[C@@H]3[C@H](O[C@@H](n4cnc5cncnc54)[C@@H]3O)OP(=O)(S)O[C@@H]12. The van der Waals surface area contributed by atoms with Gasteiger partial charge in [0.1, 0.15) is 53.7 Å². The lowest BCUT2D eigenvalue weighted by Crippen LogP contribution is -2.45. The van der Waals surface area contributed by atoms with E-state index in [1.165, 1.54) is 47.8 Å². The highest BCUT2D eigenvalue weighted by Crippen LogP contribution is 2.63.